The van der Waals surface area contributed by atoms with Crippen LogP contribution in [-0.2, 0) is 12.0 Å². The lowest BCUT2D eigenvalue weighted by Crippen LogP contribution is -2.46. The molecule has 1 aliphatic rings. The van der Waals surface area contributed by atoms with Gasteiger partial charge in [-0.2, -0.15) is 5.26 Å². The van der Waals surface area contributed by atoms with Gasteiger partial charge in [-0.05, 0) is 76.6 Å². The number of piperazine rings is 1. The molecular formula is C35H37N5O. The number of aryl methyl sites for hydroxylation is 1. The fourth-order valence-corrected chi connectivity index (χ4v) is 5.15. The van der Waals surface area contributed by atoms with Gasteiger partial charge in [0.15, 0.2) is 0 Å². The molecule has 6 nitrogen and oxygen atoms in total. The fourth-order valence-electron chi connectivity index (χ4n) is 5.15. The number of benzene rings is 3. The molecule has 0 bridgehead atoms. The summed E-state index contributed by atoms with van der Waals surface area (Å²) >= 11 is 0. The van der Waals surface area contributed by atoms with E-state index < -0.39 is 0 Å². The standard InChI is InChI=1S/C35H37N5O/c1-25-5-10-29(21-32(25)28-11-6-26(22-36)7-12-28)34(41)38-31-15-16-33(37-23-31)40-19-17-39(18-20-40)24-27-8-13-30(14-9-27)35(2,3)4/h5-16,21,23H,17-20,24H2,1-4H3,(H,38,41). The highest BCUT2D eigenvalue weighted by Gasteiger charge is 2.19. The van der Waals surface area contributed by atoms with E-state index in [9.17, 15) is 4.79 Å². The van der Waals surface area contributed by atoms with Crippen molar-refractivity contribution in [3.05, 3.63) is 113 Å². The van der Waals surface area contributed by atoms with Gasteiger partial charge >= 0.3 is 0 Å². The van der Waals surface area contributed by atoms with E-state index >= 15 is 0 Å². The maximum absolute atomic E-state index is 13.1. The Morgan fingerprint density at radius 3 is 2.24 bits per heavy atom. The summed E-state index contributed by atoms with van der Waals surface area (Å²) < 4.78 is 0. The molecule has 1 aromatic heterocycles. The topological polar surface area (TPSA) is 72.3 Å². The van der Waals surface area contributed by atoms with Crippen molar-refractivity contribution in [2.75, 3.05) is 36.4 Å². The SMILES string of the molecule is Cc1ccc(C(=O)Nc2ccc(N3CCN(Cc4ccc(C(C)(C)C)cc4)CC3)nc2)cc1-c1ccc(C#N)cc1. The summed E-state index contributed by atoms with van der Waals surface area (Å²) in [4.78, 5) is 22.5. The molecule has 0 saturated carbocycles. The van der Waals surface area contributed by atoms with Gasteiger partial charge in [-0.25, -0.2) is 4.98 Å². The first kappa shape index (κ1) is 28.1. The zero-order valence-corrected chi connectivity index (χ0v) is 24.3. The summed E-state index contributed by atoms with van der Waals surface area (Å²) in [5.74, 6) is 0.745. The van der Waals surface area contributed by atoms with E-state index in [4.69, 9.17) is 5.26 Å². The molecule has 0 aliphatic carbocycles. The quantitative estimate of drug-likeness (QED) is 0.290. The molecule has 4 aromatic rings. The van der Waals surface area contributed by atoms with Crippen LogP contribution in [0.4, 0.5) is 11.5 Å². The number of carbonyl (C=O) groups excluding carboxylic acids is 1. The second-order valence-corrected chi connectivity index (χ2v) is 11.8. The van der Waals surface area contributed by atoms with Gasteiger partial charge in [0.05, 0.1) is 23.5 Å². The Kier molecular flexibility index (Phi) is 8.19. The lowest BCUT2D eigenvalue weighted by atomic mass is 9.87. The molecule has 0 spiro atoms. The monoisotopic (exact) mass is 543 g/mol. The number of nitrogens with one attached hydrogen (secondary N) is 1. The summed E-state index contributed by atoms with van der Waals surface area (Å²) in [6.45, 7) is 13.5. The van der Waals surface area contributed by atoms with Crippen molar-refractivity contribution < 1.29 is 4.79 Å². The van der Waals surface area contributed by atoms with E-state index in [1.807, 2.05) is 49.4 Å². The average Bonchev–Trinajstić information content (AvgIpc) is 2.98. The van der Waals surface area contributed by atoms with Crippen LogP contribution in [0.3, 0.4) is 0 Å². The van der Waals surface area contributed by atoms with Crippen molar-refractivity contribution in [2.45, 2.75) is 39.7 Å². The molecule has 1 saturated heterocycles. The number of hydrogen-bond donors (Lipinski definition) is 1. The maximum Gasteiger partial charge on any atom is 0.255 e. The van der Waals surface area contributed by atoms with Crippen molar-refractivity contribution in [1.29, 1.82) is 5.26 Å². The van der Waals surface area contributed by atoms with Crippen LogP contribution in [0.25, 0.3) is 11.1 Å². The van der Waals surface area contributed by atoms with Gasteiger partial charge in [-0.15, -0.1) is 0 Å². The third kappa shape index (κ3) is 6.82. The first-order valence-electron chi connectivity index (χ1n) is 14.1. The molecule has 1 amide bonds. The van der Waals surface area contributed by atoms with E-state index in [2.05, 4.69) is 71.2 Å². The first-order valence-corrected chi connectivity index (χ1v) is 14.1. The molecule has 0 atom stereocenters. The van der Waals surface area contributed by atoms with Gasteiger partial charge in [0, 0.05) is 38.3 Å². The van der Waals surface area contributed by atoms with Crippen molar-refractivity contribution >= 4 is 17.4 Å². The fraction of sp³-hybridized carbons (Fsp3) is 0.286. The number of hydrogen-bond acceptors (Lipinski definition) is 5. The molecule has 1 fully saturated rings. The third-order valence-electron chi connectivity index (χ3n) is 7.75. The van der Waals surface area contributed by atoms with E-state index in [0.717, 1.165) is 55.2 Å². The van der Waals surface area contributed by atoms with Crippen LogP contribution in [0.2, 0.25) is 0 Å². The number of nitrogens with zero attached hydrogens (tertiary/aromatic N) is 4. The summed E-state index contributed by atoms with van der Waals surface area (Å²) in [7, 11) is 0. The largest absolute Gasteiger partial charge is 0.354 e. The van der Waals surface area contributed by atoms with Crippen molar-refractivity contribution in [1.82, 2.24) is 9.88 Å². The van der Waals surface area contributed by atoms with Crippen LogP contribution in [0.1, 0.15) is 53.4 Å². The zero-order valence-electron chi connectivity index (χ0n) is 24.3. The maximum atomic E-state index is 13.1. The van der Waals surface area contributed by atoms with Crippen LogP contribution < -0.4 is 10.2 Å². The molecule has 0 unspecified atom stereocenters. The summed E-state index contributed by atoms with van der Waals surface area (Å²) in [6.07, 6.45) is 1.73. The second-order valence-electron chi connectivity index (χ2n) is 11.8. The molecule has 5 rings (SSSR count). The molecule has 1 N–H and O–H groups in total. The van der Waals surface area contributed by atoms with E-state index in [1.54, 1.807) is 18.3 Å². The molecule has 3 aromatic carbocycles. The van der Waals surface area contributed by atoms with E-state index in [1.165, 1.54) is 11.1 Å². The van der Waals surface area contributed by atoms with Crippen LogP contribution in [-0.4, -0.2) is 42.0 Å². The Morgan fingerprint density at radius 1 is 0.927 bits per heavy atom. The predicted molar refractivity (Wildman–Crippen MR) is 166 cm³/mol. The number of rotatable bonds is 6. The highest BCUT2D eigenvalue weighted by molar-refractivity contribution is 6.05. The number of anilines is 2. The number of pyridine rings is 1. The van der Waals surface area contributed by atoms with Gasteiger partial charge in [0.2, 0.25) is 0 Å². The predicted octanol–water partition coefficient (Wildman–Crippen LogP) is 6.80. The van der Waals surface area contributed by atoms with Gasteiger partial charge in [0.1, 0.15) is 5.82 Å². The summed E-state index contributed by atoms with van der Waals surface area (Å²) in [5.41, 5.74) is 7.74. The Morgan fingerprint density at radius 2 is 1.63 bits per heavy atom. The number of aromatic nitrogens is 1. The van der Waals surface area contributed by atoms with Crippen LogP contribution in [0.15, 0.2) is 85.1 Å². The van der Waals surface area contributed by atoms with Gasteiger partial charge in [-0.1, -0.05) is 63.2 Å². The minimum Gasteiger partial charge on any atom is -0.354 e. The van der Waals surface area contributed by atoms with Gasteiger partial charge < -0.3 is 10.2 Å². The Labute approximate surface area is 243 Å². The minimum absolute atomic E-state index is 0.173. The highest BCUT2D eigenvalue weighted by Crippen LogP contribution is 2.26. The van der Waals surface area contributed by atoms with Crippen LogP contribution in [0.5, 0.6) is 0 Å². The van der Waals surface area contributed by atoms with E-state index in [0.29, 0.717) is 16.8 Å². The molecule has 0 radical (unpaired) electrons. The Bertz CT molecular complexity index is 1540. The first-order chi connectivity index (χ1) is 19.7. The average molecular weight is 544 g/mol. The van der Waals surface area contributed by atoms with Crippen molar-refractivity contribution in [3.63, 3.8) is 0 Å². The molecule has 41 heavy (non-hydrogen) atoms. The van der Waals surface area contributed by atoms with Crippen molar-refractivity contribution in [2.24, 2.45) is 0 Å². The Hall–Kier alpha value is -4.47. The molecule has 208 valence electrons. The van der Waals surface area contributed by atoms with Crippen LogP contribution >= 0.6 is 0 Å². The summed E-state index contributed by atoms with van der Waals surface area (Å²) in [6, 6.07) is 28.1. The lowest BCUT2D eigenvalue weighted by Gasteiger charge is -2.35. The number of amides is 1. The third-order valence-corrected chi connectivity index (χ3v) is 7.75. The van der Waals surface area contributed by atoms with Crippen molar-refractivity contribution in [3.8, 4) is 17.2 Å². The highest BCUT2D eigenvalue weighted by atomic mass is 16.1. The molecule has 6 heteroatoms. The van der Waals surface area contributed by atoms with Gasteiger partial charge in [-0.3, -0.25) is 9.69 Å². The Balaban J connectivity index is 1.16. The van der Waals surface area contributed by atoms with Gasteiger partial charge in [0.25, 0.3) is 5.91 Å². The van der Waals surface area contributed by atoms with E-state index in [-0.39, 0.29) is 11.3 Å². The second kappa shape index (κ2) is 12.0. The van der Waals surface area contributed by atoms with Crippen LogP contribution in [0, 0.1) is 18.3 Å². The minimum atomic E-state index is -0.182. The smallest absolute Gasteiger partial charge is 0.255 e. The summed E-state index contributed by atoms with van der Waals surface area (Å²) in [5, 5.41) is 12.1. The lowest BCUT2D eigenvalue weighted by molar-refractivity contribution is 0.102. The molecule has 1 aliphatic heterocycles. The normalized spacial score (nSPS) is 14.0. The molecular weight excluding hydrogens is 506 g/mol. The molecule has 2 heterocycles. The number of carbonyl (C=O) groups is 1. The zero-order chi connectivity index (χ0) is 29.0. The number of nitriles is 1.